The van der Waals surface area contributed by atoms with Crippen LogP contribution < -0.4 is 5.32 Å². The fraction of sp³-hybridized carbons (Fsp3) is 0.471. The second kappa shape index (κ2) is 6.31. The summed E-state index contributed by atoms with van der Waals surface area (Å²) in [5.41, 5.74) is 1.93. The zero-order chi connectivity index (χ0) is 14.7. The van der Waals surface area contributed by atoms with Gasteiger partial charge in [0, 0.05) is 17.8 Å². The van der Waals surface area contributed by atoms with Crippen LogP contribution in [-0.2, 0) is 17.9 Å². The van der Waals surface area contributed by atoms with E-state index in [1.807, 2.05) is 35.0 Å². The van der Waals surface area contributed by atoms with E-state index in [9.17, 15) is 4.79 Å². The van der Waals surface area contributed by atoms with Crippen LogP contribution in [0, 0.1) is 0 Å². The monoisotopic (exact) mass is 286 g/mol. The van der Waals surface area contributed by atoms with Crippen LogP contribution in [0.4, 0.5) is 0 Å². The first kappa shape index (κ1) is 14.1. The third-order valence-corrected chi connectivity index (χ3v) is 4.30. The van der Waals surface area contributed by atoms with E-state index in [-0.39, 0.29) is 12.5 Å². The topological polar surface area (TPSA) is 54.3 Å². The minimum atomic E-state index is 0.0449. The van der Waals surface area contributed by atoms with Gasteiger partial charge in [-0.05, 0) is 42.0 Å². The summed E-state index contributed by atoms with van der Waals surface area (Å²) in [6.07, 6.45) is 7.90. The molecule has 0 bridgehead atoms. The van der Waals surface area contributed by atoms with Crippen LogP contribution >= 0.6 is 0 Å². The Hall–Kier alpha value is -1.81. The van der Waals surface area contributed by atoms with Crippen molar-refractivity contribution in [2.75, 3.05) is 0 Å². The minimum absolute atomic E-state index is 0.0449. The Balaban J connectivity index is 1.68. The van der Waals surface area contributed by atoms with Crippen molar-refractivity contribution in [3.63, 3.8) is 0 Å². The zero-order valence-corrected chi connectivity index (χ0v) is 12.2. The summed E-state index contributed by atoms with van der Waals surface area (Å²) in [5.74, 6) is 0.0886. The molecule has 1 fully saturated rings. The third kappa shape index (κ3) is 3.27. The lowest BCUT2D eigenvalue weighted by Gasteiger charge is -2.22. The maximum atomic E-state index is 12.2. The van der Waals surface area contributed by atoms with E-state index in [1.165, 1.54) is 19.3 Å². The van der Waals surface area contributed by atoms with E-state index in [2.05, 4.69) is 5.32 Å². The highest BCUT2D eigenvalue weighted by Gasteiger charge is 2.16. The SMILES string of the molecule is O=C(Cn1ccc2cc(CO)ccc21)NC1CCCCC1. The molecule has 0 aliphatic heterocycles. The van der Waals surface area contributed by atoms with E-state index in [1.54, 1.807) is 0 Å². The largest absolute Gasteiger partial charge is 0.392 e. The summed E-state index contributed by atoms with van der Waals surface area (Å²) >= 11 is 0. The molecule has 1 aliphatic carbocycles. The molecule has 2 N–H and O–H groups in total. The van der Waals surface area contributed by atoms with Gasteiger partial charge in [0.05, 0.1) is 6.61 Å². The Labute approximate surface area is 124 Å². The molecule has 0 atom stereocenters. The molecule has 2 aromatic rings. The van der Waals surface area contributed by atoms with Crippen molar-refractivity contribution in [1.82, 2.24) is 9.88 Å². The lowest BCUT2D eigenvalue weighted by Crippen LogP contribution is -2.38. The molecule has 0 saturated heterocycles. The predicted molar refractivity (Wildman–Crippen MR) is 82.9 cm³/mol. The molecule has 1 heterocycles. The summed E-state index contributed by atoms with van der Waals surface area (Å²) < 4.78 is 1.97. The average Bonchev–Trinajstić information content (AvgIpc) is 2.90. The number of carbonyl (C=O) groups excluding carboxylic acids is 1. The number of benzene rings is 1. The van der Waals surface area contributed by atoms with Crippen molar-refractivity contribution in [3.05, 3.63) is 36.0 Å². The van der Waals surface area contributed by atoms with Crippen molar-refractivity contribution < 1.29 is 9.90 Å². The summed E-state index contributed by atoms with van der Waals surface area (Å²) in [4.78, 5) is 12.2. The lowest BCUT2D eigenvalue weighted by atomic mass is 9.95. The van der Waals surface area contributed by atoms with Crippen LogP contribution in [0.3, 0.4) is 0 Å². The van der Waals surface area contributed by atoms with Gasteiger partial charge < -0.3 is 15.0 Å². The van der Waals surface area contributed by atoms with Gasteiger partial charge >= 0.3 is 0 Å². The van der Waals surface area contributed by atoms with E-state index in [4.69, 9.17) is 5.11 Å². The fourth-order valence-corrected chi connectivity index (χ4v) is 3.16. The number of aliphatic hydroxyl groups excluding tert-OH is 1. The number of aliphatic hydroxyl groups is 1. The molecule has 0 unspecified atom stereocenters. The molecular weight excluding hydrogens is 264 g/mol. The van der Waals surface area contributed by atoms with Gasteiger partial charge in [0.1, 0.15) is 6.54 Å². The molecule has 1 aliphatic rings. The lowest BCUT2D eigenvalue weighted by molar-refractivity contribution is -0.122. The second-order valence-corrected chi connectivity index (χ2v) is 5.90. The molecule has 4 heteroatoms. The van der Waals surface area contributed by atoms with Crippen LogP contribution in [0.15, 0.2) is 30.5 Å². The highest BCUT2D eigenvalue weighted by Crippen LogP contribution is 2.19. The quantitative estimate of drug-likeness (QED) is 0.907. The van der Waals surface area contributed by atoms with Crippen molar-refractivity contribution >= 4 is 16.8 Å². The Morgan fingerprint density at radius 1 is 1.24 bits per heavy atom. The van der Waals surface area contributed by atoms with Crippen molar-refractivity contribution in [2.24, 2.45) is 0 Å². The number of fused-ring (bicyclic) bond motifs is 1. The highest BCUT2D eigenvalue weighted by atomic mass is 16.3. The first-order chi connectivity index (χ1) is 10.3. The first-order valence-corrected chi connectivity index (χ1v) is 7.74. The van der Waals surface area contributed by atoms with Gasteiger partial charge in [-0.1, -0.05) is 25.3 Å². The van der Waals surface area contributed by atoms with Gasteiger partial charge in [-0.2, -0.15) is 0 Å². The predicted octanol–water partition coefficient (Wildman–Crippen LogP) is 2.58. The van der Waals surface area contributed by atoms with Crippen molar-refractivity contribution in [2.45, 2.75) is 51.3 Å². The maximum absolute atomic E-state index is 12.2. The highest BCUT2D eigenvalue weighted by molar-refractivity contribution is 5.83. The molecule has 1 aromatic carbocycles. The normalized spacial score (nSPS) is 16.2. The van der Waals surface area contributed by atoms with Gasteiger partial charge in [-0.15, -0.1) is 0 Å². The molecule has 4 nitrogen and oxygen atoms in total. The van der Waals surface area contributed by atoms with Crippen LogP contribution in [-0.4, -0.2) is 21.6 Å². The van der Waals surface area contributed by atoms with E-state index in [0.717, 1.165) is 29.3 Å². The Bertz CT molecular complexity index is 627. The zero-order valence-electron chi connectivity index (χ0n) is 12.2. The van der Waals surface area contributed by atoms with E-state index < -0.39 is 0 Å². The van der Waals surface area contributed by atoms with Gasteiger partial charge in [-0.25, -0.2) is 0 Å². The number of hydrogen-bond acceptors (Lipinski definition) is 2. The van der Waals surface area contributed by atoms with Gasteiger partial charge in [-0.3, -0.25) is 4.79 Å². The molecule has 1 amide bonds. The van der Waals surface area contributed by atoms with Crippen molar-refractivity contribution in [3.8, 4) is 0 Å². The number of nitrogens with zero attached hydrogens (tertiary/aromatic N) is 1. The molecule has 0 radical (unpaired) electrons. The molecule has 112 valence electrons. The number of nitrogens with one attached hydrogen (secondary N) is 1. The minimum Gasteiger partial charge on any atom is -0.392 e. The number of carbonyl (C=O) groups is 1. The maximum Gasteiger partial charge on any atom is 0.240 e. The van der Waals surface area contributed by atoms with Crippen LogP contribution in [0.2, 0.25) is 0 Å². The van der Waals surface area contributed by atoms with Crippen LogP contribution in [0.1, 0.15) is 37.7 Å². The van der Waals surface area contributed by atoms with Gasteiger partial charge in [0.15, 0.2) is 0 Å². The van der Waals surface area contributed by atoms with E-state index in [0.29, 0.717) is 12.6 Å². The van der Waals surface area contributed by atoms with Crippen LogP contribution in [0.25, 0.3) is 10.9 Å². The van der Waals surface area contributed by atoms with Crippen molar-refractivity contribution in [1.29, 1.82) is 0 Å². The number of hydrogen-bond donors (Lipinski definition) is 2. The molecule has 3 rings (SSSR count). The van der Waals surface area contributed by atoms with Crippen LogP contribution in [0.5, 0.6) is 0 Å². The average molecular weight is 286 g/mol. The second-order valence-electron chi connectivity index (χ2n) is 5.90. The standard InChI is InChI=1S/C17H22N2O2/c20-12-13-6-7-16-14(10-13)8-9-19(16)11-17(21)18-15-4-2-1-3-5-15/h6-10,15,20H,1-5,11-12H2,(H,18,21). The number of amides is 1. The van der Waals surface area contributed by atoms with Gasteiger partial charge in [0.25, 0.3) is 0 Å². The smallest absolute Gasteiger partial charge is 0.240 e. The summed E-state index contributed by atoms with van der Waals surface area (Å²) in [6, 6.07) is 8.17. The molecule has 1 aromatic heterocycles. The summed E-state index contributed by atoms with van der Waals surface area (Å²) in [7, 11) is 0. The van der Waals surface area contributed by atoms with Gasteiger partial charge in [0.2, 0.25) is 5.91 Å². The molecule has 0 spiro atoms. The number of aromatic nitrogens is 1. The third-order valence-electron chi connectivity index (χ3n) is 4.30. The molecule has 21 heavy (non-hydrogen) atoms. The summed E-state index contributed by atoms with van der Waals surface area (Å²) in [6.45, 7) is 0.405. The fourth-order valence-electron chi connectivity index (χ4n) is 3.16. The Kier molecular flexibility index (Phi) is 4.25. The Morgan fingerprint density at radius 2 is 2.05 bits per heavy atom. The molecule has 1 saturated carbocycles. The summed E-state index contributed by atoms with van der Waals surface area (Å²) in [5, 5.41) is 13.4. The van der Waals surface area contributed by atoms with E-state index >= 15 is 0 Å². The Morgan fingerprint density at radius 3 is 2.81 bits per heavy atom. The molecular formula is C17H22N2O2. The first-order valence-electron chi connectivity index (χ1n) is 7.74. The number of rotatable bonds is 4.